The van der Waals surface area contributed by atoms with Crippen molar-refractivity contribution in [3.05, 3.63) is 54.0 Å². The molecule has 0 fully saturated rings. The van der Waals surface area contributed by atoms with Gasteiger partial charge in [0.1, 0.15) is 12.3 Å². The Morgan fingerprint density at radius 2 is 1.96 bits per heavy atom. The van der Waals surface area contributed by atoms with Crippen LogP contribution < -0.4 is 16.0 Å². The molecule has 0 aliphatic heterocycles. The van der Waals surface area contributed by atoms with Gasteiger partial charge in [-0.2, -0.15) is 0 Å². The fourth-order valence-electron chi connectivity index (χ4n) is 2.22. The van der Waals surface area contributed by atoms with E-state index in [2.05, 4.69) is 27.9 Å². The second-order valence-electron chi connectivity index (χ2n) is 5.19. The molecule has 6 heteroatoms. The molecule has 0 bridgehead atoms. The van der Waals surface area contributed by atoms with Gasteiger partial charge >= 0.3 is 0 Å². The van der Waals surface area contributed by atoms with Gasteiger partial charge in [-0.3, -0.25) is 4.79 Å². The number of carbonyl (C=O) groups is 1. The van der Waals surface area contributed by atoms with Gasteiger partial charge in [-0.25, -0.2) is 4.99 Å². The summed E-state index contributed by atoms with van der Waals surface area (Å²) in [4.78, 5) is 16.4. The Hall–Kier alpha value is -2.76. The molecule has 1 aromatic carbocycles. The lowest BCUT2D eigenvalue weighted by molar-refractivity contribution is -0.114. The van der Waals surface area contributed by atoms with E-state index < -0.39 is 0 Å². The van der Waals surface area contributed by atoms with Crippen LogP contribution in [-0.2, 0) is 17.8 Å². The van der Waals surface area contributed by atoms with Crippen molar-refractivity contribution in [1.82, 2.24) is 10.6 Å². The second kappa shape index (κ2) is 9.39. The summed E-state index contributed by atoms with van der Waals surface area (Å²) in [7, 11) is 0. The topological polar surface area (TPSA) is 78.7 Å². The minimum Gasteiger partial charge on any atom is -0.467 e. The lowest BCUT2D eigenvalue weighted by Gasteiger charge is -2.11. The molecular weight excluding hydrogens is 304 g/mol. The van der Waals surface area contributed by atoms with Gasteiger partial charge in [0.25, 0.3) is 0 Å². The largest absolute Gasteiger partial charge is 0.467 e. The van der Waals surface area contributed by atoms with E-state index in [0.717, 1.165) is 23.4 Å². The molecular formula is C18H24N4O2. The zero-order valence-corrected chi connectivity index (χ0v) is 14.1. The molecule has 128 valence electrons. The van der Waals surface area contributed by atoms with Crippen LogP contribution in [0.2, 0.25) is 0 Å². The third-order valence-corrected chi connectivity index (χ3v) is 3.41. The molecule has 0 aliphatic carbocycles. The predicted octanol–water partition coefficient (Wildman–Crippen LogP) is 2.54. The van der Waals surface area contributed by atoms with Crippen LogP contribution in [0.25, 0.3) is 0 Å². The van der Waals surface area contributed by atoms with E-state index in [9.17, 15) is 4.79 Å². The molecule has 0 radical (unpaired) electrons. The van der Waals surface area contributed by atoms with Crippen molar-refractivity contribution in [2.24, 2.45) is 4.99 Å². The highest BCUT2D eigenvalue weighted by Gasteiger charge is 2.06. The average molecular weight is 328 g/mol. The van der Waals surface area contributed by atoms with Crippen molar-refractivity contribution < 1.29 is 9.21 Å². The summed E-state index contributed by atoms with van der Waals surface area (Å²) in [5.74, 6) is 1.24. The molecule has 1 heterocycles. The van der Waals surface area contributed by atoms with Crippen molar-refractivity contribution in [2.75, 3.05) is 18.4 Å². The summed E-state index contributed by atoms with van der Waals surface area (Å²) in [6.45, 7) is 5.31. The van der Waals surface area contributed by atoms with Gasteiger partial charge in [-0.05, 0) is 37.1 Å². The standard InChI is InChI=1S/C18H24N4O2/c1-3-14-8-5-6-10-16(14)22-17(23)13-21-18(19-4-2)20-12-15-9-7-11-24-15/h5-11H,3-4,12-13H2,1-2H3,(H,22,23)(H2,19,20,21). The Bertz CT molecular complexity index is 665. The van der Waals surface area contributed by atoms with Crippen molar-refractivity contribution in [2.45, 2.75) is 26.8 Å². The number of benzene rings is 1. The smallest absolute Gasteiger partial charge is 0.246 e. The lowest BCUT2D eigenvalue weighted by atomic mass is 10.1. The lowest BCUT2D eigenvalue weighted by Crippen LogP contribution is -2.37. The normalized spacial score (nSPS) is 11.2. The van der Waals surface area contributed by atoms with Crippen LogP contribution in [0.1, 0.15) is 25.2 Å². The van der Waals surface area contributed by atoms with Crippen LogP contribution in [0, 0.1) is 0 Å². The number of nitrogens with one attached hydrogen (secondary N) is 3. The number of guanidine groups is 1. The van der Waals surface area contributed by atoms with Crippen molar-refractivity contribution in [3.63, 3.8) is 0 Å². The number of para-hydroxylation sites is 1. The minimum atomic E-state index is -0.147. The van der Waals surface area contributed by atoms with Crippen LogP contribution in [-0.4, -0.2) is 25.0 Å². The number of aryl methyl sites for hydroxylation is 1. The molecule has 0 aliphatic rings. The summed E-state index contributed by atoms with van der Waals surface area (Å²) < 4.78 is 5.27. The first-order valence-corrected chi connectivity index (χ1v) is 8.15. The number of furan rings is 1. The molecule has 0 unspecified atom stereocenters. The first-order chi connectivity index (χ1) is 11.7. The van der Waals surface area contributed by atoms with Crippen LogP contribution >= 0.6 is 0 Å². The number of aliphatic imine (C=N–C) groups is 1. The Morgan fingerprint density at radius 1 is 1.12 bits per heavy atom. The van der Waals surface area contributed by atoms with Crippen LogP contribution in [0.15, 0.2) is 52.1 Å². The van der Waals surface area contributed by atoms with Crippen molar-refractivity contribution in [3.8, 4) is 0 Å². The zero-order chi connectivity index (χ0) is 17.2. The molecule has 0 saturated heterocycles. The summed E-state index contributed by atoms with van der Waals surface area (Å²) in [6, 6.07) is 11.5. The van der Waals surface area contributed by atoms with Crippen LogP contribution in [0.5, 0.6) is 0 Å². The van der Waals surface area contributed by atoms with E-state index in [4.69, 9.17) is 4.42 Å². The van der Waals surface area contributed by atoms with E-state index in [-0.39, 0.29) is 12.5 Å². The average Bonchev–Trinajstić information content (AvgIpc) is 3.11. The molecule has 0 saturated carbocycles. The quantitative estimate of drug-likeness (QED) is 0.539. The van der Waals surface area contributed by atoms with Crippen molar-refractivity contribution >= 4 is 17.6 Å². The Kier molecular flexibility index (Phi) is 6.89. The second-order valence-corrected chi connectivity index (χ2v) is 5.19. The zero-order valence-electron chi connectivity index (χ0n) is 14.1. The van der Waals surface area contributed by atoms with Crippen molar-refractivity contribution in [1.29, 1.82) is 0 Å². The number of nitrogens with zero attached hydrogens (tertiary/aromatic N) is 1. The monoisotopic (exact) mass is 328 g/mol. The number of amides is 1. The van der Waals surface area contributed by atoms with E-state index >= 15 is 0 Å². The summed E-state index contributed by atoms with van der Waals surface area (Å²) in [6.07, 6.45) is 2.49. The van der Waals surface area contributed by atoms with E-state index in [1.807, 2.05) is 43.3 Å². The fraction of sp³-hybridized carbons (Fsp3) is 0.333. The predicted molar refractivity (Wildman–Crippen MR) is 96.0 cm³/mol. The third kappa shape index (κ3) is 5.46. The number of hydrogen-bond acceptors (Lipinski definition) is 3. The van der Waals surface area contributed by atoms with E-state index in [1.54, 1.807) is 6.26 Å². The molecule has 3 N–H and O–H groups in total. The Morgan fingerprint density at radius 3 is 2.67 bits per heavy atom. The van der Waals surface area contributed by atoms with Gasteiger partial charge in [-0.1, -0.05) is 25.1 Å². The van der Waals surface area contributed by atoms with Gasteiger partial charge < -0.3 is 20.4 Å². The molecule has 2 rings (SSSR count). The molecule has 2 aromatic rings. The number of rotatable bonds is 7. The highest BCUT2D eigenvalue weighted by atomic mass is 16.3. The maximum atomic E-state index is 12.1. The Balaban J connectivity index is 1.90. The maximum absolute atomic E-state index is 12.1. The molecule has 0 atom stereocenters. The van der Waals surface area contributed by atoms with Gasteiger partial charge in [0.15, 0.2) is 5.96 Å². The minimum absolute atomic E-state index is 0.0472. The number of carbonyl (C=O) groups excluding carboxylic acids is 1. The third-order valence-electron chi connectivity index (χ3n) is 3.41. The molecule has 1 aromatic heterocycles. The van der Waals surface area contributed by atoms with E-state index in [0.29, 0.717) is 19.0 Å². The van der Waals surface area contributed by atoms with Gasteiger partial charge in [0, 0.05) is 12.2 Å². The first kappa shape index (κ1) is 17.6. The highest BCUT2D eigenvalue weighted by Crippen LogP contribution is 2.15. The summed E-state index contributed by atoms with van der Waals surface area (Å²) in [5.41, 5.74) is 1.95. The number of hydrogen-bond donors (Lipinski definition) is 3. The highest BCUT2D eigenvalue weighted by molar-refractivity contribution is 5.94. The van der Waals surface area contributed by atoms with Crippen LogP contribution in [0.4, 0.5) is 5.69 Å². The summed E-state index contributed by atoms with van der Waals surface area (Å²) in [5, 5.41) is 9.14. The fourth-order valence-corrected chi connectivity index (χ4v) is 2.22. The molecule has 0 spiro atoms. The molecule has 24 heavy (non-hydrogen) atoms. The SMILES string of the molecule is CCNC(=NCC(=O)Nc1ccccc1CC)NCc1ccco1. The summed E-state index contributed by atoms with van der Waals surface area (Å²) >= 11 is 0. The Labute approximate surface area is 142 Å². The van der Waals surface area contributed by atoms with E-state index in [1.165, 1.54) is 0 Å². The van der Waals surface area contributed by atoms with Crippen LogP contribution in [0.3, 0.4) is 0 Å². The maximum Gasteiger partial charge on any atom is 0.246 e. The molecule has 6 nitrogen and oxygen atoms in total. The van der Waals surface area contributed by atoms with Gasteiger partial charge in [0.05, 0.1) is 12.8 Å². The number of anilines is 1. The van der Waals surface area contributed by atoms with Gasteiger partial charge in [-0.15, -0.1) is 0 Å². The molecule has 1 amide bonds. The first-order valence-electron chi connectivity index (χ1n) is 8.15. The van der Waals surface area contributed by atoms with Gasteiger partial charge in [0.2, 0.25) is 5.91 Å².